The zero-order chi connectivity index (χ0) is 14.7. The number of aliphatic hydroxyl groups excluding tert-OH is 1. The van der Waals surface area contributed by atoms with Crippen LogP contribution in [0.3, 0.4) is 0 Å². The quantitative estimate of drug-likeness (QED) is 0.886. The van der Waals surface area contributed by atoms with Gasteiger partial charge in [0.1, 0.15) is 0 Å². The van der Waals surface area contributed by atoms with Crippen molar-refractivity contribution in [2.24, 2.45) is 0 Å². The number of ether oxygens (including phenoxy) is 2. The van der Waals surface area contributed by atoms with Gasteiger partial charge in [-0.25, -0.2) is 0 Å². The summed E-state index contributed by atoms with van der Waals surface area (Å²) in [6, 6.07) is 15.8. The van der Waals surface area contributed by atoms with Gasteiger partial charge >= 0.3 is 0 Å². The number of nitrogens with one attached hydrogen (secondary N) is 1. The van der Waals surface area contributed by atoms with Gasteiger partial charge in [-0.15, -0.1) is 0 Å². The summed E-state index contributed by atoms with van der Waals surface area (Å²) in [6.45, 7) is 2.87. The molecule has 4 nitrogen and oxygen atoms in total. The minimum absolute atomic E-state index is 0.0173. The normalized spacial score (nSPS) is 15.7. The standard InChI is InChI=1S/C17H19NO3/c1-17(11-19,14-7-3-2-4-8-14)18-10-13-6-5-9-15-16(13)21-12-20-15/h2-9,18-19H,10-12H2,1H3. The van der Waals surface area contributed by atoms with E-state index in [2.05, 4.69) is 5.32 Å². The van der Waals surface area contributed by atoms with Crippen molar-refractivity contribution < 1.29 is 14.6 Å². The molecule has 1 aliphatic heterocycles. The fourth-order valence-electron chi connectivity index (χ4n) is 2.48. The molecular formula is C17H19NO3. The summed E-state index contributed by atoms with van der Waals surface area (Å²) in [5.74, 6) is 1.57. The van der Waals surface area contributed by atoms with Crippen LogP contribution in [0.2, 0.25) is 0 Å². The van der Waals surface area contributed by atoms with Crippen molar-refractivity contribution in [3.05, 3.63) is 59.7 Å². The molecule has 2 N–H and O–H groups in total. The summed E-state index contributed by atoms with van der Waals surface area (Å²) in [5.41, 5.74) is 1.58. The summed E-state index contributed by atoms with van der Waals surface area (Å²) in [5, 5.41) is 13.2. The molecule has 0 aliphatic carbocycles. The second-order valence-corrected chi connectivity index (χ2v) is 5.36. The molecular weight excluding hydrogens is 266 g/mol. The maximum absolute atomic E-state index is 9.79. The predicted molar refractivity (Wildman–Crippen MR) is 80.3 cm³/mol. The van der Waals surface area contributed by atoms with E-state index in [1.165, 1.54) is 0 Å². The molecule has 2 aromatic carbocycles. The smallest absolute Gasteiger partial charge is 0.231 e. The molecule has 110 valence electrons. The number of para-hydroxylation sites is 1. The molecule has 21 heavy (non-hydrogen) atoms. The van der Waals surface area contributed by atoms with Gasteiger partial charge in [-0.3, -0.25) is 0 Å². The summed E-state index contributed by atoms with van der Waals surface area (Å²) in [4.78, 5) is 0. The Morgan fingerprint density at radius 1 is 1.10 bits per heavy atom. The third kappa shape index (κ3) is 2.73. The van der Waals surface area contributed by atoms with Gasteiger partial charge in [-0.1, -0.05) is 42.5 Å². The second kappa shape index (κ2) is 5.76. The molecule has 1 atom stereocenters. The number of aliphatic hydroxyl groups is 1. The topological polar surface area (TPSA) is 50.7 Å². The van der Waals surface area contributed by atoms with Gasteiger partial charge in [0.15, 0.2) is 11.5 Å². The van der Waals surface area contributed by atoms with Gasteiger partial charge in [0.25, 0.3) is 0 Å². The maximum Gasteiger partial charge on any atom is 0.231 e. The van der Waals surface area contributed by atoms with E-state index in [0.29, 0.717) is 6.54 Å². The molecule has 0 bridgehead atoms. The lowest BCUT2D eigenvalue weighted by atomic mass is 9.92. The largest absolute Gasteiger partial charge is 0.454 e. The summed E-state index contributed by atoms with van der Waals surface area (Å²) in [6.07, 6.45) is 0. The predicted octanol–water partition coefficient (Wildman–Crippen LogP) is 2.41. The fourth-order valence-corrected chi connectivity index (χ4v) is 2.48. The van der Waals surface area contributed by atoms with E-state index in [1.54, 1.807) is 0 Å². The summed E-state index contributed by atoms with van der Waals surface area (Å²) >= 11 is 0. The first-order valence-electron chi connectivity index (χ1n) is 7.02. The molecule has 3 rings (SSSR count). The van der Waals surface area contributed by atoms with Crippen LogP contribution in [0.1, 0.15) is 18.1 Å². The minimum atomic E-state index is -0.497. The third-order valence-electron chi connectivity index (χ3n) is 3.87. The molecule has 0 amide bonds. The molecule has 4 heteroatoms. The second-order valence-electron chi connectivity index (χ2n) is 5.36. The van der Waals surface area contributed by atoms with Crippen LogP contribution in [0.5, 0.6) is 11.5 Å². The third-order valence-corrected chi connectivity index (χ3v) is 3.87. The molecule has 1 heterocycles. The van der Waals surface area contributed by atoms with Crippen molar-refractivity contribution >= 4 is 0 Å². The van der Waals surface area contributed by atoms with Crippen molar-refractivity contribution in [1.29, 1.82) is 0 Å². The Hall–Kier alpha value is -2.04. The van der Waals surface area contributed by atoms with Crippen molar-refractivity contribution in [2.75, 3.05) is 13.4 Å². The molecule has 0 fully saturated rings. The molecule has 0 saturated heterocycles. The molecule has 2 aromatic rings. The Labute approximate surface area is 124 Å². The fraction of sp³-hybridized carbons (Fsp3) is 0.294. The number of benzene rings is 2. The van der Waals surface area contributed by atoms with Crippen LogP contribution >= 0.6 is 0 Å². The lowest BCUT2D eigenvalue weighted by Gasteiger charge is -2.29. The van der Waals surface area contributed by atoms with Crippen molar-refractivity contribution in [3.8, 4) is 11.5 Å². The Kier molecular flexibility index (Phi) is 3.82. The van der Waals surface area contributed by atoms with Gasteiger partial charge in [0.05, 0.1) is 12.1 Å². The number of rotatable bonds is 5. The number of hydrogen-bond acceptors (Lipinski definition) is 4. The summed E-state index contributed by atoms with van der Waals surface area (Å²) < 4.78 is 10.9. The Morgan fingerprint density at radius 3 is 2.67 bits per heavy atom. The van der Waals surface area contributed by atoms with Gasteiger partial charge in [0, 0.05) is 12.1 Å². The first kappa shape index (κ1) is 13.9. The lowest BCUT2D eigenvalue weighted by Crippen LogP contribution is -2.42. The van der Waals surface area contributed by atoms with E-state index in [9.17, 15) is 5.11 Å². The maximum atomic E-state index is 9.79. The lowest BCUT2D eigenvalue weighted by molar-refractivity contribution is 0.167. The van der Waals surface area contributed by atoms with Crippen LogP contribution in [0.15, 0.2) is 48.5 Å². The van der Waals surface area contributed by atoms with Gasteiger partial charge < -0.3 is 19.9 Å². The van der Waals surface area contributed by atoms with E-state index in [-0.39, 0.29) is 13.4 Å². The number of fused-ring (bicyclic) bond motifs is 1. The van der Waals surface area contributed by atoms with Gasteiger partial charge in [-0.2, -0.15) is 0 Å². The molecule has 1 unspecified atom stereocenters. The van der Waals surface area contributed by atoms with Gasteiger partial charge in [0.2, 0.25) is 6.79 Å². The average Bonchev–Trinajstić information content (AvgIpc) is 3.02. The van der Waals surface area contributed by atoms with Crippen LogP contribution in [0.25, 0.3) is 0 Å². The van der Waals surface area contributed by atoms with Gasteiger partial charge in [-0.05, 0) is 18.6 Å². The molecule has 0 saturated carbocycles. The Bertz CT molecular complexity index is 615. The highest BCUT2D eigenvalue weighted by molar-refractivity contribution is 5.48. The van der Waals surface area contributed by atoms with Crippen molar-refractivity contribution in [1.82, 2.24) is 5.32 Å². The number of hydrogen-bond donors (Lipinski definition) is 2. The van der Waals surface area contributed by atoms with E-state index in [1.807, 2.05) is 55.5 Å². The molecule has 0 aromatic heterocycles. The Balaban J connectivity index is 1.79. The highest BCUT2D eigenvalue weighted by Gasteiger charge is 2.26. The van der Waals surface area contributed by atoms with E-state index in [4.69, 9.17) is 9.47 Å². The monoisotopic (exact) mass is 285 g/mol. The van der Waals surface area contributed by atoms with E-state index in [0.717, 1.165) is 22.6 Å². The average molecular weight is 285 g/mol. The SMILES string of the molecule is CC(CO)(NCc1cccc2c1OCO2)c1ccccc1. The van der Waals surface area contributed by atoms with Crippen LogP contribution in [0, 0.1) is 0 Å². The van der Waals surface area contributed by atoms with Crippen molar-refractivity contribution in [3.63, 3.8) is 0 Å². The highest BCUT2D eigenvalue weighted by Crippen LogP contribution is 2.35. The first-order chi connectivity index (χ1) is 10.2. The van der Waals surface area contributed by atoms with E-state index < -0.39 is 5.54 Å². The zero-order valence-electron chi connectivity index (χ0n) is 12.0. The Morgan fingerprint density at radius 2 is 1.90 bits per heavy atom. The van der Waals surface area contributed by atoms with Crippen LogP contribution in [0.4, 0.5) is 0 Å². The molecule has 1 aliphatic rings. The minimum Gasteiger partial charge on any atom is -0.454 e. The highest BCUT2D eigenvalue weighted by atomic mass is 16.7. The molecule has 0 spiro atoms. The zero-order valence-corrected chi connectivity index (χ0v) is 12.0. The molecule has 0 radical (unpaired) electrons. The first-order valence-corrected chi connectivity index (χ1v) is 7.02. The van der Waals surface area contributed by atoms with Crippen LogP contribution < -0.4 is 14.8 Å². The van der Waals surface area contributed by atoms with Crippen molar-refractivity contribution in [2.45, 2.75) is 19.0 Å². The summed E-state index contributed by atoms with van der Waals surface area (Å²) in [7, 11) is 0. The van der Waals surface area contributed by atoms with Crippen LogP contribution in [-0.2, 0) is 12.1 Å². The van der Waals surface area contributed by atoms with Crippen LogP contribution in [-0.4, -0.2) is 18.5 Å². The van der Waals surface area contributed by atoms with E-state index >= 15 is 0 Å².